The van der Waals surface area contributed by atoms with Gasteiger partial charge in [0, 0.05) is 81.6 Å². The first kappa shape index (κ1) is 39.5. The molecule has 6 aromatic heterocycles. The predicted octanol–water partition coefficient (Wildman–Crippen LogP) is 17.9. The Bertz CT molecular complexity index is 5930. The predicted molar refractivity (Wildman–Crippen MR) is 345 cm³/mol. The molecular weight excluding hydrogens is 1250 g/mol. The van der Waals surface area contributed by atoms with Crippen molar-refractivity contribution in [2.24, 2.45) is 0 Å². The number of rotatable bonds is 10. The number of pyridine rings is 1. The van der Waals surface area contributed by atoms with E-state index in [1.54, 1.807) is 69.8 Å². The average molecular weight is 1310 g/mol. The number of hydrogen-bond donors (Lipinski definition) is 0. The van der Waals surface area contributed by atoms with Crippen molar-refractivity contribution in [2.45, 2.75) is 6.85 Å². The average Bonchev–Trinajstić information content (AvgIpc) is 1.08. The second kappa shape index (κ2) is 21.0. The zero-order valence-corrected chi connectivity index (χ0v) is 47.8. The van der Waals surface area contributed by atoms with Crippen LogP contribution in [0.15, 0.2) is 273 Å². The molecular formula is C77H48N8OPt-2. The van der Waals surface area contributed by atoms with E-state index in [1.165, 1.54) is 6.20 Å². The second-order valence-corrected chi connectivity index (χ2v) is 20.6. The van der Waals surface area contributed by atoms with Crippen molar-refractivity contribution >= 4 is 76.5 Å². The summed E-state index contributed by atoms with van der Waals surface area (Å²) < 4.78 is 132. The van der Waals surface area contributed by atoms with E-state index in [-0.39, 0.29) is 83.3 Å². The second-order valence-electron chi connectivity index (χ2n) is 20.6. The first-order valence-electron chi connectivity index (χ1n) is 34.2. The SMILES string of the molecule is [2H]c1c([2H])c([2H])c(-c2cccc(-c3c([2H])c([2H])c([2H])c([2H])c3[2H])c2-[n+]2[c-]n(-c3[c-]c(Oc4[c-]c5c(cc4)c4ccccc4n5-c4cc(C([2H])([2H])[2H])c(-c5nc(-n6c7ccccc7c7ccccc76)cc(-n6c7ccccc7c7ccccc76)n5)cn4)ccc3)c3ccccc32)c([2H])c1[2H].[Pt]. The van der Waals surface area contributed by atoms with Gasteiger partial charge >= 0.3 is 0 Å². The zero-order valence-electron chi connectivity index (χ0n) is 58.5. The summed E-state index contributed by atoms with van der Waals surface area (Å²) >= 11 is 0. The fourth-order valence-electron chi connectivity index (χ4n) is 12.1. The number of ether oxygens (including phenoxy) is 1. The molecule has 17 aromatic rings. The van der Waals surface area contributed by atoms with Gasteiger partial charge < -0.3 is 13.9 Å². The van der Waals surface area contributed by atoms with Crippen LogP contribution in [0.1, 0.15) is 23.4 Å². The zero-order chi connectivity index (χ0) is 68.0. The van der Waals surface area contributed by atoms with Crippen molar-refractivity contribution in [2.75, 3.05) is 0 Å². The van der Waals surface area contributed by atoms with Crippen LogP contribution in [0.4, 0.5) is 0 Å². The van der Waals surface area contributed by atoms with Crippen molar-refractivity contribution in [3.05, 3.63) is 297 Å². The topological polar surface area (TPSA) is 71.5 Å². The summed E-state index contributed by atoms with van der Waals surface area (Å²) in [5, 5.41) is 5.72. The molecule has 414 valence electrons. The van der Waals surface area contributed by atoms with Gasteiger partial charge in [0.15, 0.2) is 5.82 Å². The summed E-state index contributed by atoms with van der Waals surface area (Å²) in [5.41, 5.74) is 6.44. The van der Waals surface area contributed by atoms with Gasteiger partial charge in [-0.05, 0) is 82.1 Å². The van der Waals surface area contributed by atoms with Crippen LogP contribution in [-0.2, 0) is 21.1 Å². The van der Waals surface area contributed by atoms with Crippen molar-refractivity contribution < 1.29 is 48.2 Å². The molecule has 0 unspecified atom stereocenters. The molecule has 0 saturated heterocycles. The summed E-state index contributed by atoms with van der Waals surface area (Å²) in [5.74, 6) is 1.99. The van der Waals surface area contributed by atoms with E-state index in [2.05, 4.69) is 51.9 Å². The van der Waals surface area contributed by atoms with Gasteiger partial charge in [-0.25, -0.2) is 15.0 Å². The molecule has 0 aliphatic heterocycles. The van der Waals surface area contributed by atoms with Gasteiger partial charge in [0.1, 0.15) is 17.5 Å². The monoisotopic (exact) mass is 1310 g/mol. The summed E-state index contributed by atoms with van der Waals surface area (Å²) in [6.07, 6.45) is 4.94. The molecule has 0 aliphatic carbocycles. The summed E-state index contributed by atoms with van der Waals surface area (Å²) in [6.45, 7) is -2.72. The maximum atomic E-state index is 9.25. The molecule has 17 rings (SSSR count). The minimum Gasteiger partial charge on any atom is -0.510 e. The summed E-state index contributed by atoms with van der Waals surface area (Å²) in [7, 11) is 0. The fourth-order valence-corrected chi connectivity index (χ4v) is 12.1. The molecule has 0 radical (unpaired) electrons. The molecule has 87 heavy (non-hydrogen) atoms. The minimum atomic E-state index is -2.72. The third-order valence-corrected chi connectivity index (χ3v) is 15.8. The number of aryl methyl sites for hydroxylation is 1. The molecule has 0 fully saturated rings. The van der Waals surface area contributed by atoms with E-state index in [4.69, 9.17) is 33.4 Å². The molecule has 0 atom stereocenters. The van der Waals surface area contributed by atoms with Gasteiger partial charge in [-0.3, -0.25) is 13.7 Å². The van der Waals surface area contributed by atoms with Gasteiger partial charge in [0.25, 0.3) is 6.33 Å². The van der Waals surface area contributed by atoms with Crippen LogP contribution in [-0.4, -0.2) is 33.2 Å². The maximum Gasteiger partial charge on any atom is 0.268 e. The van der Waals surface area contributed by atoms with Crippen molar-refractivity contribution in [1.82, 2.24) is 33.2 Å². The third kappa shape index (κ3) is 8.49. The molecule has 10 heteroatoms. The van der Waals surface area contributed by atoms with Crippen LogP contribution in [0.3, 0.4) is 0 Å². The first-order chi connectivity index (χ1) is 47.9. The number of benzene rings is 11. The number of aromatic nitrogens is 8. The molecule has 0 spiro atoms. The van der Waals surface area contributed by atoms with Crippen molar-refractivity contribution in [3.8, 4) is 74.0 Å². The van der Waals surface area contributed by atoms with Gasteiger partial charge in [-0.1, -0.05) is 199 Å². The van der Waals surface area contributed by atoms with Crippen molar-refractivity contribution in [1.29, 1.82) is 0 Å². The summed E-state index contributed by atoms with van der Waals surface area (Å²) in [4.78, 5) is 15.7. The molecule has 0 saturated carbocycles. The van der Waals surface area contributed by atoms with Gasteiger partial charge in [-0.2, -0.15) is 18.2 Å². The number of hydrogen-bond acceptors (Lipinski definition) is 4. The van der Waals surface area contributed by atoms with Crippen LogP contribution in [0.5, 0.6) is 11.5 Å². The quantitative estimate of drug-likeness (QED) is 0.101. The van der Waals surface area contributed by atoms with Gasteiger partial charge in [0.2, 0.25) is 0 Å². The van der Waals surface area contributed by atoms with E-state index in [9.17, 15) is 4.11 Å². The number of nitrogens with zero attached hydrogens (tertiary/aromatic N) is 8. The molecule has 0 amide bonds. The molecule has 6 heterocycles. The molecule has 9 nitrogen and oxygen atoms in total. The van der Waals surface area contributed by atoms with Crippen LogP contribution in [0.25, 0.3) is 139 Å². The standard InChI is InChI=1S/C77H48N8O.Pt/c1-50-44-73(78-48-64(50)77-79-74(83-65-35-13-8-28-58(65)59-29-9-14-36-66(59)83)47-75(80-77)84-67-37-15-10-30-60(67)61-31-11-16-38-68(61)84)85-69-39-17-12-32-62(69)63-43-42-55(46-72(63)85)86-54-27-20-26-53(45-54)81-49-82(71-41-19-18-40-70(71)81)76-56(51-22-4-2-5-23-51)33-21-34-57(76)52-24-6-3-7-25-52;/h2-44,47-48H,1H3;/q-2;/i1D3,2D,3D,4D,5D,6D,7D,22D,23D,24D,25D;. The molecule has 11 aromatic carbocycles. The smallest absolute Gasteiger partial charge is 0.268 e. The number of para-hydroxylation sites is 8. The minimum absolute atomic E-state index is 0. The maximum absolute atomic E-state index is 9.25. The Kier molecular flexibility index (Phi) is 9.52. The van der Waals surface area contributed by atoms with Gasteiger partial charge in [-0.15, -0.1) is 29.7 Å². The van der Waals surface area contributed by atoms with E-state index in [0.717, 1.165) is 59.9 Å². The molecule has 0 aliphatic rings. The van der Waals surface area contributed by atoms with Crippen LogP contribution in [0, 0.1) is 25.3 Å². The Morgan fingerprint density at radius 1 is 0.448 bits per heavy atom. The first-order valence-corrected chi connectivity index (χ1v) is 27.7. The largest absolute Gasteiger partial charge is 0.510 e. The Morgan fingerprint density at radius 2 is 0.943 bits per heavy atom. The molecule has 0 N–H and O–H groups in total. The number of fused-ring (bicyclic) bond motifs is 10. The molecule has 0 bridgehead atoms. The Hall–Kier alpha value is -11.0. The summed E-state index contributed by atoms with van der Waals surface area (Å²) in [6, 6.07) is 65.8. The van der Waals surface area contributed by atoms with E-state index in [0.29, 0.717) is 33.9 Å². The van der Waals surface area contributed by atoms with Crippen LogP contribution >= 0.6 is 0 Å². The van der Waals surface area contributed by atoms with E-state index < -0.39 is 67.3 Å². The Morgan fingerprint density at radius 3 is 1.51 bits per heavy atom. The van der Waals surface area contributed by atoms with Crippen molar-refractivity contribution in [3.63, 3.8) is 0 Å². The third-order valence-electron chi connectivity index (χ3n) is 15.8. The van der Waals surface area contributed by atoms with Gasteiger partial charge in [0.05, 0.1) is 52.5 Å². The fraction of sp³-hybridized carbons (Fsp3) is 0.0130. The number of imidazole rings is 1. The van der Waals surface area contributed by atoms with Crippen LogP contribution in [0.2, 0.25) is 0 Å². The van der Waals surface area contributed by atoms with Crippen LogP contribution < -0.4 is 9.30 Å². The van der Waals surface area contributed by atoms with E-state index in [1.807, 2.05) is 126 Å². The normalized spacial score (nSPS) is 13.9. The van der Waals surface area contributed by atoms with E-state index >= 15 is 0 Å². The Balaban J connectivity index is 0.00000778. The Labute approximate surface area is 533 Å².